The number of urea groups is 1. The molecular formula is C17H30N4O5. The number of amides is 3. The van der Waals surface area contributed by atoms with Crippen molar-refractivity contribution in [3.63, 3.8) is 0 Å². The molecule has 2 N–H and O–H groups in total. The summed E-state index contributed by atoms with van der Waals surface area (Å²) in [5.74, 6) is -0.497. The van der Waals surface area contributed by atoms with E-state index in [1.165, 1.54) is 0 Å². The number of aromatic nitrogens is 2. The molecule has 0 spiro atoms. The molecule has 9 heteroatoms. The molecule has 0 aromatic carbocycles. The van der Waals surface area contributed by atoms with E-state index in [-0.39, 0.29) is 35.3 Å². The highest BCUT2D eigenvalue weighted by Gasteiger charge is 2.34. The minimum atomic E-state index is -1.46. The van der Waals surface area contributed by atoms with E-state index >= 15 is 0 Å². The molecule has 1 aromatic rings. The summed E-state index contributed by atoms with van der Waals surface area (Å²) >= 11 is 0. The first-order valence-corrected chi connectivity index (χ1v) is 8.81. The number of aliphatic hydroxyl groups is 1. The van der Waals surface area contributed by atoms with Gasteiger partial charge in [0.05, 0.1) is 0 Å². The summed E-state index contributed by atoms with van der Waals surface area (Å²) in [6.07, 6.45) is -0.229. The van der Waals surface area contributed by atoms with Crippen LogP contribution in [0.4, 0.5) is 10.7 Å². The van der Waals surface area contributed by atoms with Gasteiger partial charge in [-0.15, -0.1) is 5.06 Å². The molecule has 0 radical (unpaired) electrons. The Bertz CT molecular complexity index is 609. The van der Waals surface area contributed by atoms with Gasteiger partial charge in [0.2, 0.25) is 5.89 Å². The van der Waals surface area contributed by atoms with Crippen LogP contribution in [0.5, 0.6) is 0 Å². The third kappa shape index (κ3) is 6.38. The van der Waals surface area contributed by atoms with Crippen LogP contribution in [0.2, 0.25) is 0 Å². The van der Waals surface area contributed by atoms with Crippen LogP contribution in [-0.2, 0) is 11.2 Å². The normalized spacial score (nSPS) is 13.0. The number of aliphatic hydroxyl groups excluding tert-OH is 1. The minimum absolute atomic E-state index is 0.0368. The summed E-state index contributed by atoms with van der Waals surface area (Å²) in [5.41, 5.74) is -0.358. The topological polar surface area (TPSA) is 120 Å². The SMILES string of the molecule is CCc1nc(N(CC(C)(C)C)C(=O)N(O)C(=O)[C@@H](O)CCC(C)C)no1. The van der Waals surface area contributed by atoms with E-state index in [0.717, 1.165) is 4.90 Å². The third-order valence-corrected chi connectivity index (χ3v) is 3.56. The molecule has 0 unspecified atom stereocenters. The Kier molecular flexibility index (Phi) is 7.70. The van der Waals surface area contributed by atoms with E-state index < -0.39 is 18.0 Å². The number of carbonyl (C=O) groups is 2. The lowest BCUT2D eigenvalue weighted by molar-refractivity contribution is -0.162. The fraction of sp³-hybridized carbons (Fsp3) is 0.765. The zero-order chi connectivity index (χ0) is 20.1. The first-order chi connectivity index (χ1) is 12.0. The zero-order valence-corrected chi connectivity index (χ0v) is 16.4. The first-order valence-electron chi connectivity index (χ1n) is 8.81. The Morgan fingerprint density at radius 1 is 1.23 bits per heavy atom. The fourth-order valence-corrected chi connectivity index (χ4v) is 2.16. The minimum Gasteiger partial charge on any atom is -0.383 e. The third-order valence-electron chi connectivity index (χ3n) is 3.56. The summed E-state index contributed by atoms with van der Waals surface area (Å²) in [6, 6.07) is -1.03. The molecular weight excluding hydrogens is 340 g/mol. The number of anilines is 1. The smallest absolute Gasteiger partial charge is 0.358 e. The molecule has 26 heavy (non-hydrogen) atoms. The van der Waals surface area contributed by atoms with Crippen molar-refractivity contribution in [1.29, 1.82) is 0 Å². The van der Waals surface area contributed by atoms with E-state index in [1.807, 2.05) is 41.5 Å². The van der Waals surface area contributed by atoms with Crippen molar-refractivity contribution in [2.24, 2.45) is 11.3 Å². The van der Waals surface area contributed by atoms with Gasteiger partial charge < -0.3 is 9.63 Å². The van der Waals surface area contributed by atoms with E-state index in [0.29, 0.717) is 18.7 Å². The van der Waals surface area contributed by atoms with Crippen LogP contribution in [0.25, 0.3) is 0 Å². The molecule has 148 valence electrons. The second kappa shape index (κ2) is 9.09. The van der Waals surface area contributed by atoms with Crippen molar-refractivity contribution < 1.29 is 24.4 Å². The highest BCUT2D eigenvalue weighted by Crippen LogP contribution is 2.21. The summed E-state index contributed by atoms with van der Waals surface area (Å²) in [6.45, 7) is 11.5. The van der Waals surface area contributed by atoms with Gasteiger partial charge in [-0.25, -0.2) is 4.79 Å². The average Bonchev–Trinajstić information content (AvgIpc) is 3.03. The first kappa shape index (κ1) is 22.0. The molecule has 3 amide bonds. The number of rotatable bonds is 7. The highest BCUT2D eigenvalue weighted by molar-refractivity contribution is 6.01. The number of hydrogen-bond acceptors (Lipinski definition) is 7. The molecule has 0 saturated heterocycles. The quantitative estimate of drug-likeness (QED) is 0.559. The van der Waals surface area contributed by atoms with Gasteiger partial charge in [0.1, 0.15) is 6.10 Å². The van der Waals surface area contributed by atoms with E-state index in [1.54, 1.807) is 0 Å². The number of imide groups is 1. The molecule has 0 aliphatic rings. The molecule has 0 aliphatic heterocycles. The number of carbonyl (C=O) groups excluding carboxylic acids is 2. The Hall–Kier alpha value is -2.00. The molecule has 0 bridgehead atoms. The maximum absolute atomic E-state index is 12.7. The van der Waals surface area contributed by atoms with Crippen molar-refractivity contribution in [3.8, 4) is 0 Å². The van der Waals surface area contributed by atoms with Gasteiger partial charge >= 0.3 is 6.03 Å². The highest BCUT2D eigenvalue weighted by atomic mass is 16.5. The monoisotopic (exact) mass is 370 g/mol. The number of hydrogen-bond donors (Lipinski definition) is 2. The largest absolute Gasteiger partial charge is 0.383 e. The van der Waals surface area contributed by atoms with E-state index in [2.05, 4.69) is 10.1 Å². The van der Waals surface area contributed by atoms with Gasteiger partial charge in [-0.05, 0) is 29.3 Å². The van der Waals surface area contributed by atoms with Gasteiger partial charge in [-0.2, -0.15) is 4.98 Å². The molecule has 0 fully saturated rings. The Morgan fingerprint density at radius 2 is 1.85 bits per heavy atom. The molecule has 1 rings (SSSR count). The zero-order valence-electron chi connectivity index (χ0n) is 16.4. The fourth-order valence-electron chi connectivity index (χ4n) is 2.16. The Balaban J connectivity index is 2.97. The van der Waals surface area contributed by atoms with Crippen LogP contribution in [0.15, 0.2) is 4.52 Å². The lowest BCUT2D eigenvalue weighted by Gasteiger charge is -2.29. The molecule has 0 saturated carbocycles. The number of nitrogens with zero attached hydrogens (tertiary/aromatic N) is 4. The predicted octanol–water partition coefficient (Wildman–Crippen LogP) is 2.62. The van der Waals surface area contributed by atoms with Gasteiger partial charge in [-0.3, -0.25) is 14.9 Å². The number of hydroxylamine groups is 2. The molecule has 1 aromatic heterocycles. The van der Waals surface area contributed by atoms with Gasteiger partial charge in [0.15, 0.2) is 0 Å². The summed E-state index contributed by atoms with van der Waals surface area (Å²) in [7, 11) is 0. The second-order valence-electron chi connectivity index (χ2n) is 7.91. The van der Waals surface area contributed by atoms with Crippen LogP contribution >= 0.6 is 0 Å². The standard InChI is InChI=1S/C17H30N4O5/c1-7-13-18-15(19-26-13)20(10-17(4,5)6)16(24)21(25)14(23)12(22)9-8-11(2)3/h11-12,22,25H,7-10H2,1-6H3/t12-/m0/s1. The summed E-state index contributed by atoms with van der Waals surface area (Å²) in [5, 5.41) is 23.7. The molecule has 9 nitrogen and oxygen atoms in total. The Morgan fingerprint density at radius 3 is 2.31 bits per heavy atom. The van der Waals surface area contributed by atoms with Crippen LogP contribution in [-0.4, -0.2) is 50.1 Å². The van der Waals surface area contributed by atoms with E-state index in [9.17, 15) is 19.9 Å². The van der Waals surface area contributed by atoms with E-state index in [4.69, 9.17) is 4.52 Å². The van der Waals surface area contributed by atoms with Gasteiger partial charge in [0.25, 0.3) is 11.9 Å². The van der Waals surface area contributed by atoms with Gasteiger partial charge in [0, 0.05) is 13.0 Å². The molecule has 1 atom stereocenters. The van der Waals surface area contributed by atoms with Crippen molar-refractivity contribution >= 4 is 17.9 Å². The average molecular weight is 370 g/mol. The lowest BCUT2D eigenvalue weighted by atomic mass is 9.96. The summed E-state index contributed by atoms with van der Waals surface area (Å²) in [4.78, 5) is 30.0. The van der Waals surface area contributed by atoms with Crippen molar-refractivity contribution in [2.75, 3.05) is 11.4 Å². The molecule has 0 aliphatic carbocycles. The summed E-state index contributed by atoms with van der Waals surface area (Å²) < 4.78 is 5.02. The predicted molar refractivity (Wildman–Crippen MR) is 94.6 cm³/mol. The van der Waals surface area contributed by atoms with Crippen LogP contribution in [0, 0.1) is 11.3 Å². The maximum Gasteiger partial charge on any atom is 0.358 e. The van der Waals surface area contributed by atoms with Crippen LogP contribution < -0.4 is 4.90 Å². The maximum atomic E-state index is 12.7. The lowest BCUT2D eigenvalue weighted by Crippen LogP contribution is -2.50. The van der Waals surface area contributed by atoms with Gasteiger partial charge in [-0.1, -0.05) is 41.5 Å². The molecule has 1 heterocycles. The second-order valence-corrected chi connectivity index (χ2v) is 7.91. The van der Waals surface area contributed by atoms with Crippen molar-refractivity contribution in [1.82, 2.24) is 15.2 Å². The van der Waals surface area contributed by atoms with Crippen molar-refractivity contribution in [2.45, 2.75) is 66.9 Å². The Labute approximate surface area is 153 Å². The van der Waals surface area contributed by atoms with Crippen LogP contribution in [0.1, 0.15) is 60.3 Å². The number of aryl methyl sites for hydroxylation is 1. The van der Waals surface area contributed by atoms with Crippen LogP contribution in [0.3, 0.4) is 0 Å². The van der Waals surface area contributed by atoms with Crippen molar-refractivity contribution in [3.05, 3.63) is 5.89 Å².